The number of fused-ring (bicyclic) bond motifs is 3. The first-order valence-corrected chi connectivity index (χ1v) is 9.33. The van der Waals surface area contributed by atoms with Gasteiger partial charge < -0.3 is 10.3 Å². The lowest BCUT2D eigenvalue weighted by Gasteiger charge is -2.15. The van der Waals surface area contributed by atoms with E-state index >= 15 is 0 Å². The van der Waals surface area contributed by atoms with E-state index in [1.165, 1.54) is 0 Å². The molecule has 0 aliphatic heterocycles. The lowest BCUT2D eigenvalue weighted by molar-refractivity contribution is 0.652. The zero-order valence-corrected chi connectivity index (χ0v) is 15.3. The molecule has 0 bridgehead atoms. The molecular formula is C18H16Cl2N6. The fourth-order valence-electron chi connectivity index (χ4n) is 3.83. The molecule has 1 aromatic carbocycles. The van der Waals surface area contributed by atoms with Gasteiger partial charge in [-0.2, -0.15) is 0 Å². The molecule has 0 unspecified atom stereocenters. The third kappa shape index (κ3) is 2.61. The van der Waals surface area contributed by atoms with Crippen molar-refractivity contribution in [2.45, 2.75) is 31.2 Å². The van der Waals surface area contributed by atoms with Crippen molar-refractivity contribution in [1.29, 1.82) is 0 Å². The molecule has 6 nitrogen and oxygen atoms in total. The molecule has 0 amide bonds. The van der Waals surface area contributed by atoms with Gasteiger partial charge in [0.05, 0.1) is 21.8 Å². The van der Waals surface area contributed by atoms with E-state index in [2.05, 4.69) is 29.9 Å². The van der Waals surface area contributed by atoms with Gasteiger partial charge >= 0.3 is 0 Å². The summed E-state index contributed by atoms with van der Waals surface area (Å²) in [7, 11) is 0. The fraction of sp³-hybridized carbons (Fsp3) is 0.278. The third-order valence-corrected chi connectivity index (χ3v) is 5.79. The van der Waals surface area contributed by atoms with Crippen molar-refractivity contribution >= 4 is 45.7 Å². The SMILES string of the molecule is Clc1ccc(N[C@@H]2CC[C@@H](c3nnc4cnc5[nH]ccc5n34)C2)cc1Cl. The summed E-state index contributed by atoms with van der Waals surface area (Å²) in [6.07, 6.45) is 6.78. The van der Waals surface area contributed by atoms with Crippen LogP contribution in [0, 0.1) is 0 Å². The van der Waals surface area contributed by atoms with E-state index in [4.69, 9.17) is 23.2 Å². The molecule has 0 radical (unpaired) electrons. The fourth-order valence-corrected chi connectivity index (χ4v) is 4.13. The number of rotatable bonds is 3. The van der Waals surface area contributed by atoms with Crippen LogP contribution in [0.4, 0.5) is 5.69 Å². The molecule has 3 heterocycles. The van der Waals surface area contributed by atoms with E-state index in [1.54, 1.807) is 6.20 Å². The molecule has 26 heavy (non-hydrogen) atoms. The highest BCUT2D eigenvalue weighted by Crippen LogP contribution is 2.36. The van der Waals surface area contributed by atoms with E-state index in [9.17, 15) is 0 Å². The third-order valence-electron chi connectivity index (χ3n) is 5.06. The highest BCUT2D eigenvalue weighted by Gasteiger charge is 2.30. The number of aromatic amines is 1. The molecule has 2 atom stereocenters. The number of halogens is 2. The quantitative estimate of drug-likeness (QED) is 0.536. The maximum Gasteiger partial charge on any atom is 0.179 e. The first kappa shape index (κ1) is 15.9. The van der Waals surface area contributed by atoms with E-state index in [0.29, 0.717) is 22.0 Å². The standard InChI is InChI=1S/C18H16Cl2N6/c19-13-4-3-12(8-14(13)20)23-11-2-1-10(7-11)18-25-24-16-9-22-17-15(26(16)18)5-6-21-17/h3-6,8-11,21,23H,1-2,7H2/t10-,11-/m1/s1. The molecule has 2 N–H and O–H groups in total. The zero-order chi connectivity index (χ0) is 17.7. The Kier molecular flexibility index (Phi) is 3.76. The lowest BCUT2D eigenvalue weighted by atomic mass is 10.1. The van der Waals surface area contributed by atoms with Gasteiger partial charge in [0.15, 0.2) is 11.3 Å². The topological polar surface area (TPSA) is 70.9 Å². The Balaban J connectivity index is 1.41. The van der Waals surface area contributed by atoms with E-state index in [0.717, 1.165) is 47.6 Å². The summed E-state index contributed by atoms with van der Waals surface area (Å²) in [5, 5.41) is 13.5. The van der Waals surface area contributed by atoms with Gasteiger partial charge in [-0.15, -0.1) is 10.2 Å². The molecule has 1 aliphatic carbocycles. The van der Waals surface area contributed by atoms with Crippen molar-refractivity contribution < 1.29 is 0 Å². The maximum atomic E-state index is 6.12. The highest BCUT2D eigenvalue weighted by molar-refractivity contribution is 6.42. The average molecular weight is 387 g/mol. The number of aromatic nitrogens is 5. The van der Waals surface area contributed by atoms with Gasteiger partial charge in [-0.3, -0.25) is 4.40 Å². The zero-order valence-electron chi connectivity index (χ0n) is 13.8. The van der Waals surface area contributed by atoms with E-state index < -0.39 is 0 Å². The van der Waals surface area contributed by atoms with Gasteiger partial charge in [-0.05, 0) is 43.5 Å². The van der Waals surface area contributed by atoms with Crippen LogP contribution in [0.2, 0.25) is 10.0 Å². The van der Waals surface area contributed by atoms with Crippen molar-refractivity contribution in [1.82, 2.24) is 24.6 Å². The van der Waals surface area contributed by atoms with Gasteiger partial charge in [0.1, 0.15) is 5.82 Å². The van der Waals surface area contributed by atoms with Crippen LogP contribution in [0.15, 0.2) is 36.7 Å². The summed E-state index contributed by atoms with van der Waals surface area (Å²) >= 11 is 12.1. The molecule has 132 valence electrons. The number of H-pyrrole nitrogens is 1. The first-order valence-electron chi connectivity index (χ1n) is 8.58. The van der Waals surface area contributed by atoms with Gasteiger partial charge in [0.2, 0.25) is 0 Å². The highest BCUT2D eigenvalue weighted by atomic mass is 35.5. The minimum Gasteiger partial charge on any atom is -0.382 e. The summed E-state index contributed by atoms with van der Waals surface area (Å²) in [4.78, 5) is 7.53. The largest absolute Gasteiger partial charge is 0.382 e. The van der Waals surface area contributed by atoms with Crippen LogP contribution in [-0.2, 0) is 0 Å². The van der Waals surface area contributed by atoms with Gasteiger partial charge in [-0.25, -0.2) is 4.98 Å². The number of hydrogen-bond acceptors (Lipinski definition) is 4. The predicted octanol–water partition coefficient (Wildman–Crippen LogP) is 4.66. The Morgan fingerprint density at radius 2 is 2.04 bits per heavy atom. The van der Waals surface area contributed by atoms with Crippen LogP contribution in [0.5, 0.6) is 0 Å². The Morgan fingerprint density at radius 3 is 2.92 bits per heavy atom. The summed E-state index contributed by atoms with van der Waals surface area (Å²) in [5.41, 5.74) is 3.65. The Morgan fingerprint density at radius 1 is 1.12 bits per heavy atom. The van der Waals surface area contributed by atoms with E-state index in [1.807, 2.05) is 30.5 Å². The van der Waals surface area contributed by atoms with Crippen molar-refractivity contribution in [3.05, 3.63) is 52.5 Å². The smallest absolute Gasteiger partial charge is 0.179 e. The Bertz CT molecular complexity index is 1100. The molecular weight excluding hydrogens is 371 g/mol. The minimum absolute atomic E-state index is 0.353. The van der Waals surface area contributed by atoms with Gasteiger partial charge in [0.25, 0.3) is 0 Å². The monoisotopic (exact) mass is 386 g/mol. The molecule has 8 heteroatoms. The summed E-state index contributed by atoms with van der Waals surface area (Å²) in [6, 6.07) is 8.04. The van der Waals surface area contributed by atoms with Gasteiger partial charge in [-0.1, -0.05) is 23.2 Å². The van der Waals surface area contributed by atoms with E-state index in [-0.39, 0.29) is 0 Å². The summed E-state index contributed by atoms with van der Waals surface area (Å²) in [6.45, 7) is 0. The number of benzene rings is 1. The average Bonchev–Trinajstić information content (AvgIpc) is 3.35. The second-order valence-electron chi connectivity index (χ2n) is 6.70. The van der Waals surface area contributed by atoms with Crippen LogP contribution in [0.1, 0.15) is 31.0 Å². The van der Waals surface area contributed by atoms with Crippen molar-refractivity contribution in [2.75, 3.05) is 5.32 Å². The molecule has 4 aromatic rings. The number of anilines is 1. The molecule has 1 saturated carbocycles. The second-order valence-corrected chi connectivity index (χ2v) is 7.52. The maximum absolute atomic E-state index is 6.12. The summed E-state index contributed by atoms with van der Waals surface area (Å²) in [5.74, 6) is 1.36. The van der Waals surface area contributed by atoms with Crippen molar-refractivity contribution in [3.8, 4) is 0 Å². The molecule has 5 rings (SSSR count). The predicted molar refractivity (Wildman–Crippen MR) is 103 cm³/mol. The van der Waals surface area contributed by atoms with Crippen molar-refractivity contribution in [3.63, 3.8) is 0 Å². The normalized spacial score (nSPS) is 20.2. The van der Waals surface area contributed by atoms with Crippen LogP contribution >= 0.6 is 23.2 Å². The molecule has 3 aromatic heterocycles. The van der Waals surface area contributed by atoms with Crippen LogP contribution in [-0.4, -0.2) is 30.6 Å². The van der Waals surface area contributed by atoms with Gasteiger partial charge in [0, 0.05) is 23.8 Å². The minimum atomic E-state index is 0.353. The Hall–Kier alpha value is -2.31. The van der Waals surface area contributed by atoms with Crippen LogP contribution in [0.25, 0.3) is 16.8 Å². The van der Waals surface area contributed by atoms with Crippen molar-refractivity contribution in [2.24, 2.45) is 0 Å². The molecule has 0 spiro atoms. The van der Waals surface area contributed by atoms with Crippen LogP contribution < -0.4 is 5.32 Å². The lowest BCUT2D eigenvalue weighted by Crippen LogP contribution is -2.15. The molecule has 0 saturated heterocycles. The molecule has 1 aliphatic rings. The number of nitrogens with zero attached hydrogens (tertiary/aromatic N) is 4. The van der Waals surface area contributed by atoms with Crippen LogP contribution in [0.3, 0.4) is 0 Å². The Labute approximate surface area is 159 Å². The molecule has 1 fully saturated rings. The first-order chi connectivity index (χ1) is 12.7. The summed E-state index contributed by atoms with van der Waals surface area (Å²) < 4.78 is 2.12. The second kappa shape index (κ2) is 6.14. The number of nitrogens with one attached hydrogen (secondary N) is 2. The number of hydrogen-bond donors (Lipinski definition) is 2.